The number of nitrogens with one attached hydrogen (secondary N) is 1. The third-order valence-corrected chi connectivity index (χ3v) is 8.08. The molecule has 3 heterocycles. The Balaban J connectivity index is 1.30. The number of nitrogens with zero attached hydrogens (tertiary/aromatic N) is 4. The van der Waals surface area contributed by atoms with Crippen molar-refractivity contribution in [1.29, 1.82) is 0 Å². The molecule has 0 bridgehead atoms. The molecule has 10 nitrogen and oxygen atoms in total. The summed E-state index contributed by atoms with van der Waals surface area (Å²) in [6.45, 7) is 2.45. The van der Waals surface area contributed by atoms with Crippen molar-refractivity contribution in [3.63, 3.8) is 0 Å². The Labute approximate surface area is 275 Å². The van der Waals surface area contributed by atoms with Crippen molar-refractivity contribution in [2.45, 2.75) is 59.7 Å². The second-order valence-electron chi connectivity index (χ2n) is 11.6. The van der Waals surface area contributed by atoms with Crippen molar-refractivity contribution < 1.29 is 23.0 Å². The van der Waals surface area contributed by atoms with Crippen LogP contribution < -0.4 is 26.2 Å². The summed E-state index contributed by atoms with van der Waals surface area (Å²) in [5.41, 5.74) is 5.55. The zero-order valence-electron chi connectivity index (χ0n) is 26.6. The smallest absolute Gasteiger partial charge is 0.387 e. The maximum absolute atomic E-state index is 14.0. The number of ether oxygens (including phenoxy) is 3. The Bertz CT molecular complexity index is 2010. The molecule has 0 atom stereocenters. The molecule has 0 amide bonds. The van der Waals surface area contributed by atoms with Crippen LogP contribution in [0.3, 0.4) is 0 Å². The Kier molecular flexibility index (Phi) is 9.91. The zero-order valence-corrected chi connectivity index (χ0v) is 26.6. The fourth-order valence-electron chi connectivity index (χ4n) is 5.75. The summed E-state index contributed by atoms with van der Waals surface area (Å²) in [6, 6.07) is 23.4. The molecule has 0 aliphatic carbocycles. The van der Waals surface area contributed by atoms with E-state index in [4.69, 9.17) is 9.47 Å². The summed E-state index contributed by atoms with van der Waals surface area (Å²) in [5, 5.41) is 3.21. The van der Waals surface area contributed by atoms with E-state index >= 15 is 0 Å². The fourth-order valence-corrected chi connectivity index (χ4v) is 5.75. The lowest BCUT2D eigenvalue weighted by molar-refractivity contribution is -0.0498. The maximum Gasteiger partial charge on any atom is 0.387 e. The minimum Gasteiger partial charge on any atom is -0.493 e. The second kappa shape index (κ2) is 14.6. The third-order valence-electron chi connectivity index (χ3n) is 8.08. The molecule has 0 radical (unpaired) electrons. The third kappa shape index (κ3) is 7.77. The summed E-state index contributed by atoms with van der Waals surface area (Å²) in [5.74, 6) is 0.853. The minimum atomic E-state index is -2.96. The average Bonchev–Trinajstić information content (AvgIpc) is 3.53. The van der Waals surface area contributed by atoms with Gasteiger partial charge in [0.05, 0.1) is 32.9 Å². The largest absolute Gasteiger partial charge is 0.493 e. The topological polar surface area (TPSA) is 110 Å². The predicted molar refractivity (Wildman–Crippen MR) is 176 cm³/mol. The minimum absolute atomic E-state index is 0.00695. The molecule has 48 heavy (non-hydrogen) atoms. The molecule has 6 rings (SSSR count). The van der Waals surface area contributed by atoms with Crippen molar-refractivity contribution in [3.8, 4) is 11.5 Å². The molecular weight excluding hydrogens is 620 g/mol. The van der Waals surface area contributed by atoms with Crippen LogP contribution in [-0.2, 0) is 44.0 Å². The van der Waals surface area contributed by atoms with Crippen LogP contribution in [0.4, 0.5) is 14.7 Å². The molecule has 3 aromatic carbocycles. The van der Waals surface area contributed by atoms with Gasteiger partial charge in [-0.1, -0.05) is 54.6 Å². The van der Waals surface area contributed by atoms with Crippen LogP contribution in [0.25, 0.3) is 0 Å². The molecule has 2 aromatic heterocycles. The van der Waals surface area contributed by atoms with Crippen LogP contribution in [0.2, 0.25) is 0 Å². The first kappa shape index (κ1) is 32.6. The predicted octanol–water partition coefficient (Wildman–Crippen LogP) is 5.38. The molecule has 0 saturated carbocycles. The van der Waals surface area contributed by atoms with E-state index in [-0.39, 0.29) is 31.3 Å². The van der Waals surface area contributed by atoms with Crippen LogP contribution in [0.1, 0.15) is 44.8 Å². The highest BCUT2D eigenvalue weighted by atomic mass is 19.3. The lowest BCUT2D eigenvalue weighted by Crippen LogP contribution is -2.43. The fraction of sp³-hybridized carbons (Fsp3) is 0.278. The van der Waals surface area contributed by atoms with Gasteiger partial charge < -0.3 is 19.5 Å². The van der Waals surface area contributed by atoms with E-state index in [0.717, 1.165) is 55.9 Å². The van der Waals surface area contributed by atoms with Gasteiger partial charge in [0.1, 0.15) is 11.5 Å². The van der Waals surface area contributed by atoms with Gasteiger partial charge in [0.25, 0.3) is 0 Å². The van der Waals surface area contributed by atoms with Crippen LogP contribution in [0, 0.1) is 13.8 Å². The SMILES string of the molecule is Cc1cc(COCc2ccccc2)c(CNc2nc(=O)n(Cc3ccc4c(c3)CCO4)c(=O)n2Cc2ccc(OC(F)F)cc2)c(C)n1. The number of anilines is 1. The van der Waals surface area contributed by atoms with Crippen LogP contribution in [0.5, 0.6) is 11.5 Å². The van der Waals surface area contributed by atoms with E-state index in [1.54, 1.807) is 12.1 Å². The Morgan fingerprint density at radius 3 is 2.40 bits per heavy atom. The highest BCUT2D eigenvalue weighted by molar-refractivity contribution is 5.40. The Hall–Kier alpha value is -5.36. The van der Waals surface area contributed by atoms with Crippen molar-refractivity contribution in [1.82, 2.24) is 19.1 Å². The number of hydrogen-bond acceptors (Lipinski definition) is 8. The van der Waals surface area contributed by atoms with E-state index in [1.807, 2.05) is 68.4 Å². The van der Waals surface area contributed by atoms with Gasteiger partial charge >= 0.3 is 18.0 Å². The number of aromatic nitrogens is 4. The monoisotopic (exact) mass is 655 g/mol. The number of benzene rings is 3. The van der Waals surface area contributed by atoms with Gasteiger partial charge in [-0.2, -0.15) is 13.8 Å². The van der Waals surface area contributed by atoms with Gasteiger partial charge in [-0.3, -0.25) is 9.55 Å². The Morgan fingerprint density at radius 2 is 1.62 bits per heavy atom. The van der Waals surface area contributed by atoms with E-state index in [2.05, 4.69) is 20.0 Å². The van der Waals surface area contributed by atoms with Gasteiger partial charge in [-0.25, -0.2) is 14.2 Å². The first-order valence-corrected chi connectivity index (χ1v) is 15.5. The normalized spacial score (nSPS) is 12.2. The first-order valence-electron chi connectivity index (χ1n) is 15.5. The molecule has 5 aromatic rings. The number of halogens is 2. The molecule has 1 aliphatic heterocycles. The Morgan fingerprint density at radius 1 is 0.875 bits per heavy atom. The lowest BCUT2D eigenvalue weighted by atomic mass is 10.1. The van der Waals surface area contributed by atoms with Crippen molar-refractivity contribution in [3.05, 3.63) is 145 Å². The molecular formula is C36H35F2N5O5. The van der Waals surface area contributed by atoms with Crippen LogP contribution in [-0.4, -0.2) is 32.3 Å². The van der Waals surface area contributed by atoms with E-state index in [1.165, 1.54) is 16.7 Å². The molecule has 0 unspecified atom stereocenters. The number of fused-ring (bicyclic) bond motifs is 1. The number of rotatable bonds is 13. The summed E-state index contributed by atoms with van der Waals surface area (Å²) < 4.78 is 44.0. The van der Waals surface area contributed by atoms with Gasteiger partial charge in [-0.05, 0) is 71.5 Å². The number of hydrogen-bond donors (Lipinski definition) is 1. The van der Waals surface area contributed by atoms with E-state index < -0.39 is 18.0 Å². The van der Waals surface area contributed by atoms with Crippen molar-refractivity contribution >= 4 is 5.95 Å². The van der Waals surface area contributed by atoms with Crippen molar-refractivity contribution in [2.75, 3.05) is 11.9 Å². The second-order valence-corrected chi connectivity index (χ2v) is 11.6. The zero-order chi connectivity index (χ0) is 33.6. The standard InChI is InChI=1S/C36H35F2N5O5/c1-23-16-29(22-46-21-26-6-4-3-5-7-26)31(24(2)40-23)18-39-34-41-35(44)43(20-27-10-13-32-28(17-27)14-15-47-32)36(45)42(34)19-25-8-11-30(12-9-25)48-33(37)38/h3-13,16-17,33H,14-15,18-22H2,1-2H3,(H,39,41,44). The molecule has 12 heteroatoms. The van der Waals surface area contributed by atoms with Crippen LogP contribution >= 0.6 is 0 Å². The molecule has 0 spiro atoms. The number of alkyl halides is 2. The maximum atomic E-state index is 14.0. The summed E-state index contributed by atoms with van der Waals surface area (Å²) in [6.07, 6.45) is 0.751. The van der Waals surface area contributed by atoms with E-state index in [0.29, 0.717) is 25.4 Å². The number of aryl methyl sites for hydroxylation is 2. The molecule has 248 valence electrons. The molecule has 0 fully saturated rings. The van der Waals surface area contributed by atoms with Crippen LogP contribution in [0.15, 0.2) is 88.5 Å². The van der Waals surface area contributed by atoms with Gasteiger partial charge in [0.2, 0.25) is 5.95 Å². The average molecular weight is 656 g/mol. The summed E-state index contributed by atoms with van der Waals surface area (Å²) in [7, 11) is 0. The first-order chi connectivity index (χ1) is 23.2. The van der Waals surface area contributed by atoms with Gasteiger partial charge in [-0.15, -0.1) is 0 Å². The summed E-state index contributed by atoms with van der Waals surface area (Å²) >= 11 is 0. The lowest BCUT2D eigenvalue weighted by Gasteiger charge is -2.18. The quantitative estimate of drug-likeness (QED) is 0.180. The highest BCUT2D eigenvalue weighted by Gasteiger charge is 2.18. The number of pyridine rings is 1. The van der Waals surface area contributed by atoms with E-state index in [9.17, 15) is 18.4 Å². The molecule has 0 saturated heterocycles. The van der Waals surface area contributed by atoms with Gasteiger partial charge in [0, 0.05) is 24.4 Å². The molecule has 1 aliphatic rings. The van der Waals surface area contributed by atoms with Gasteiger partial charge in [0.15, 0.2) is 0 Å². The van der Waals surface area contributed by atoms with Crippen molar-refractivity contribution in [2.24, 2.45) is 0 Å². The summed E-state index contributed by atoms with van der Waals surface area (Å²) in [4.78, 5) is 36.3. The molecule has 1 N–H and O–H groups in total. The highest BCUT2D eigenvalue weighted by Crippen LogP contribution is 2.26.